The molecule has 1 saturated carbocycles. The molecule has 13 heavy (non-hydrogen) atoms. The van der Waals surface area contributed by atoms with Gasteiger partial charge in [-0.3, -0.25) is 0 Å². The molecule has 0 aliphatic heterocycles. The quantitative estimate of drug-likeness (QED) is 0.719. The highest BCUT2D eigenvalue weighted by atomic mass is 79.9. The van der Waals surface area contributed by atoms with Gasteiger partial charge in [0, 0.05) is 11.2 Å². The molecule has 0 bridgehead atoms. The van der Waals surface area contributed by atoms with Crippen molar-refractivity contribution in [1.29, 1.82) is 0 Å². The lowest BCUT2D eigenvalue weighted by Gasteiger charge is -2.40. The maximum Gasteiger partial charge on any atom is 0.417 e. The lowest BCUT2D eigenvalue weighted by atomic mass is 9.76. The Kier molecular flexibility index (Phi) is 3.28. The fraction of sp³-hybridized carbons (Fsp3) is 1.00. The van der Waals surface area contributed by atoms with Gasteiger partial charge in [-0.1, -0.05) is 28.8 Å². The molecule has 2 unspecified atom stereocenters. The smallest absolute Gasteiger partial charge is 0.380 e. The molecule has 0 radical (unpaired) electrons. The van der Waals surface area contributed by atoms with E-state index < -0.39 is 17.7 Å². The van der Waals surface area contributed by atoms with Crippen molar-refractivity contribution < 1.29 is 18.3 Å². The molecule has 2 atom stereocenters. The molecule has 1 rings (SSSR count). The van der Waals surface area contributed by atoms with Crippen LogP contribution in [0.4, 0.5) is 13.2 Å². The number of hydrogen-bond donors (Lipinski definition) is 1. The number of rotatable bonds is 1. The van der Waals surface area contributed by atoms with Crippen molar-refractivity contribution in [3.05, 3.63) is 0 Å². The zero-order valence-corrected chi connectivity index (χ0v) is 8.66. The Morgan fingerprint density at radius 3 is 2.38 bits per heavy atom. The van der Waals surface area contributed by atoms with Gasteiger partial charge < -0.3 is 5.11 Å². The van der Waals surface area contributed by atoms with Gasteiger partial charge >= 0.3 is 6.18 Å². The zero-order valence-electron chi connectivity index (χ0n) is 7.07. The van der Waals surface area contributed by atoms with Gasteiger partial charge in [0.05, 0.1) is 0 Å². The van der Waals surface area contributed by atoms with E-state index in [1.165, 1.54) is 0 Å². The fourth-order valence-corrected chi connectivity index (χ4v) is 2.67. The molecule has 0 amide bonds. The van der Waals surface area contributed by atoms with E-state index >= 15 is 0 Å². The summed E-state index contributed by atoms with van der Waals surface area (Å²) in [6.45, 7) is 0. The van der Waals surface area contributed by atoms with Crippen LogP contribution in [0, 0.1) is 5.92 Å². The molecule has 0 aromatic heterocycles. The molecule has 0 saturated heterocycles. The summed E-state index contributed by atoms with van der Waals surface area (Å²) in [6, 6.07) is 0. The van der Waals surface area contributed by atoms with Crippen LogP contribution in [0.3, 0.4) is 0 Å². The summed E-state index contributed by atoms with van der Waals surface area (Å²) in [4.78, 5) is 0. The van der Waals surface area contributed by atoms with Gasteiger partial charge in [-0.15, -0.1) is 0 Å². The van der Waals surface area contributed by atoms with Gasteiger partial charge in [-0.25, -0.2) is 0 Å². The van der Waals surface area contributed by atoms with Crippen molar-refractivity contribution >= 4 is 15.9 Å². The summed E-state index contributed by atoms with van der Waals surface area (Å²) < 4.78 is 37.5. The van der Waals surface area contributed by atoms with Gasteiger partial charge in [-0.05, 0) is 12.8 Å². The third-order valence-corrected chi connectivity index (χ3v) is 3.49. The van der Waals surface area contributed by atoms with Gasteiger partial charge in [0.15, 0.2) is 5.60 Å². The van der Waals surface area contributed by atoms with E-state index in [1.807, 2.05) is 0 Å². The van der Waals surface area contributed by atoms with E-state index in [-0.39, 0.29) is 11.8 Å². The monoisotopic (exact) mass is 260 g/mol. The first-order valence-corrected chi connectivity index (χ1v) is 5.39. The third-order valence-electron chi connectivity index (χ3n) is 2.71. The van der Waals surface area contributed by atoms with E-state index in [4.69, 9.17) is 0 Å². The minimum Gasteiger partial charge on any atom is -0.380 e. The lowest BCUT2D eigenvalue weighted by molar-refractivity contribution is -0.285. The minimum absolute atomic E-state index is 0.160. The fourth-order valence-electron chi connectivity index (χ4n) is 1.81. The molecule has 5 heteroatoms. The van der Waals surface area contributed by atoms with Crippen molar-refractivity contribution in [1.82, 2.24) is 0 Å². The molecule has 0 aromatic rings. The van der Waals surface area contributed by atoms with Crippen molar-refractivity contribution in [2.75, 3.05) is 5.33 Å². The van der Waals surface area contributed by atoms with Crippen LogP contribution in [0.5, 0.6) is 0 Å². The molecule has 1 fully saturated rings. The molecule has 0 heterocycles. The van der Waals surface area contributed by atoms with Crippen molar-refractivity contribution in [2.24, 2.45) is 5.92 Å². The topological polar surface area (TPSA) is 20.2 Å². The number of alkyl halides is 4. The summed E-state index contributed by atoms with van der Waals surface area (Å²) in [5.74, 6) is -0.693. The Morgan fingerprint density at radius 1 is 1.38 bits per heavy atom. The van der Waals surface area contributed by atoms with Crippen LogP contribution < -0.4 is 0 Å². The summed E-state index contributed by atoms with van der Waals surface area (Å²) in [6.07, 6.45) is -2.98. The predicted molar refractivity (Wildman–Crippen MR) is 46.8 cm³/mol. The highest BCUT2D eigenvalue weighted by Gasteiger charge is 2.58. The second kappa shape index (κ2) is 3.77. The Bertz CT molecular complexity index is 183. The number of halogens is 4. The molecule has 78 valence electrons. The van der Waals surface area contributed by atoms with Gasteiger partial charge in [0.25, 0.3) is 0 Å². The Morgan fingerprint density at radius 2 is 2.00 bits per heavy atom. The molecule has 1 aliphatic carbocycles. The maximum absolute atomic E-state index is 12.5. The molecular formula is C8H12BrF3O. The molecule has 0 spiro atoms. The summed E-state index contributed by atoms with van der Waals surface area (Å²) in [7, 11) is 0. The van der Waals surface area contributed by atoms with Gasteiger partial charge in [0.2, 0.25) is 0 Å². The molecule has 0 aromatic carbocycles. The molecular weight excluding hydrogens is 249 g/mol. The maximum atomic E-state index is 12.5. The number of hydrogen-bond acceptors (Lipinski definition) is 1. The Labute approximate surface area is 83.4 Å². The standard InChI is InChI=1S/C8H12BrF3O/c9-5-6-3-1-2-4-7(6,13)8(10,11)12/h6,13H,1-5H2. The van der Waals surface area contributed by atoms with Gasteiger partial charge in [-0.2, -0.15) is 13.2 Å². The predicted octanol–water partition coefficient (Wildman–Crippen LogP) is 2.86. The summed E-state index contributed by atoms with van der Waals surface area (Å²) in [5, 5.41) is 9.72. The highest BCUT2D eigenvalue weighted by Crippen LogP contribution is 2.45. The second-order valence-electron chi connectivity index (χ2n) is 3.52. The van der Waals surface area contributed by atoms with Crippen LogP contribution in [-0.2, 0) is 0 Å². The lowest BCUT2D eigenvalue weighted by Crippen LogP contribution is -2.53. The highest BCUT2D eigenvalue weighted by molar-refractivity contribution is 9.09. The van der Waals surface area contributed by atoms with E-state index in [1.54, 1.807) is 0 Å². The minimum atomic E-state index is -4.49. The summed E-state index contributed by atoms with van der Waals surface area (Å²) >= 11 is 3.02. The number of aliphatic hydroxyl groups is 1. The Balaban J connectivity index is 2.83. The first-order valence-electron chi connectivity index (χ1n) is 4.27. The first-order chi connectivity index (χ1) is 5.92. The van der Waals surface area contributed by atoms with Crippen LogP contribution in [-0.4, -0.2) is 22.2 Å². The van der Waals surface area contributed by atoms with Crippen LogP contribution in [0.15, 0.2) is 0 Å². The van der Waals surface area contributed by atoms with Crippen LogP contribution in [0.2, 0.25) is 0 Å². The van der Waals surface area contributed by atoms with Crippen LogP contribution >= 0.6 is 15.9 Å². The average molecular weight is 261 g/mol. The van der Waals surface area contributed by atoms with Gasteiger partial charge in [0.1, 0.15) is 0 Å². The largest absolute Gasteiger partial charge is 0.417 e. The molecule has 1 nitrogen and oxygen atoms in total. The van der Waals surface area contributed by atoms with E-state index in [0.717, 1.165) is 6.42 Å². The van der Waals surface area contributed by atoms with E-state index in [0.29, 0.717) is 12.8 Å². The van der Waals surface area contributed by atoms with Crippen LogP contribution in [0.1, 0.15) is 25.7 Å². The second-order valence-corrected chi connectivity index (χ2v) is 4.17. The van der Waals surface area contributed by atoms with E-state index in [2.05, 4.69) is 15.9 Å². The van der Waals surface area contributed by atoms with Crippen molar-refractivity contribution in [3.63, 3.8) is 0 Å². The molecule has 1 N–H and O–H groups in total. The summed E-state index contributed by atoms with van der Waals surface area (Å²) in [5.41, 5.74) is -2.46. The van der Waals surface area contributed by atoms with Crippen LogP contribution in [0.25, 0.3) is 0 Å². The van der Waals surface area contributed by atoms with Crippen molar-refractivity contribution in [2.45, 2.75) is 37.5 Å². The first kappa shape index (κ1) is 11.3. The van der Waals surface area contributed by atoms with E-state index in [9.17, 15) is 18.3 Å². The normalized spacial score (nSPS) is 36.2. The zero-order chi connectivity index (χ0) is 10.1. The molecule has 1 aliphatic rings. The SMILES string of the molecule is OC1(C(F)(F)F)CCCCC1CBr. The Hall–Kier alpha value is 0.230. The average Bonchev–Trinajstić information content (AvgIpc) is 2.03. The van der Waals surface area contributed by atoms with Crippen molar-refractivity contribution in [3.8, 4) is 0 Å². The third kappa shape index (κ3) is 2.01.